The van der Waals surface area contributed by atoms with Gasteiger partial charge in [-0.25, -0.2) is 9.79 Å². The first-order valence-corrected chi connectivity index (χ1v) is 12.8. The van der Waals surface area contributed by atoms with Gasteiger partial charge in [0.05, 0.1) is 0 Å². The van der Waals surface area contributed by atoms with E-state index in [2.05, 4.69) is 58.9 Å². The van der Waals surface area contributed by atoms with Gasteiger partial charge in [0, 0.05) is 11.2 Å². The summed E-state index contributed by atoms with van der Waals surface area (Å²) in [6, 6.07) is 15.4. The van der Waals surface area contributed by atoms with Crippen LogP contribution in [0.1, 0.15) is 50.0 Å². The lowest BCUT2D eigenvalue weighted by atomic mass is 10.0. The standard InChI is InChI=1S/C23H28NO2PS/c1-15(2)27(28,16(3)4)21(18-13-11-17(5)12-14-18)20-23(25)26-22(24-20)19-9-7-6-8-10-19/h6-16,20-21H,1-5H3. The number of esters is 1. The summed E-state index contributed by atoms with van der Waals surface area (Å²) in [4.78, 5) is 17.7. The third-order valence-electron chi connectivity index (χ3n) is 5.48. The Bertz CT molecular complexity index is 907. The van der Waals surface area contributed by atoms with Crippen LogP contribution in [0.5, 0.6) is 0 Å². The van der Waals surface area contributed by atoms with Gasteiger partial charge in [-0.1, -0.05) is 87.5 Å². The molecule has 2 aromatic rings. The summed E-state index contributed by atoms with van der Waals surface area (Å²) >= 11 is 6.36. The van der Waals surface area contributed by atoms with Gasteiger partial charge in [0.15, 0.2) is 6.04 Å². The van der Waals surface area contributed by atoms with E-state index in [0.29, 0.717) is 17.2 Å². The van der Waals surface area contributed by atoms with Gasteiger partial charge in [-0.2, -0.15) is 0 Å². The monoisotopic (exact) mass is 413 g/mol. The van der Waals surface area contributed by atoms with Crippen LogP contribution in [0.4, 0.5) is 0 Å². The molecule has 2 aromatic carbocycles. The van der Waals surface area contributed by atoms with Gasteiger partial charge in [0.1, 0.15) is 0 Å². The lowest BCUT2D eigenvalue weighted by Crippen LogP contribution is -2.28. The van der Waals surface area contributed by atoms with E-state index in [1.54, 1.807) is 0 Å². The Hall–Kier alpha value is -1.77. The summed E-state index contributed by atoms with van der Waals surface area (Å²) in [5.41, 5.74) is 3.58. The molecule has 148 valence electrons. The first kappa shape index (κ1) is 21.0. The zero-order chi connectivity index (χ0) is 20.5. The Morgan fingerprint density at radius 2 is 1.54 bits per heavy atom. The third kappa shape index (κ3) is 3.86. The quantitative estimate of drug-likeness (QED) is 0.450. The number of carbonyl (C=O) groups excluding carboxylic acids is 1. The summed E-state index contributed by atoms with van der Waals surface area (Å²) in [6.45, 7) is 10.8. The van der Waals surface area contributed by atoms with Crippen molar-refractivity contribution in [1.29, 1.82) is 0 Å². The van der Waals surface area contributed by atoms with Crippen molar-refractivity contribution in [2.24, 2.45) is 4.99 Å². The fourth-order valence-electron chi connectivity index (χ4n) is 3.91. The van der Waals surface area contributed by atoms with Crippen LogP contribution in [0.25, 0.3) is 0 Å². The molecule has 2 atom stereocenters. The van der Waals surface area contributed by atoms with Crippen molar-refractivity contribution in [3.8, 4) is 0 Å². The molecule has 0 aliphatic carbocycles. The molecule has 0 spiro atoms. The van der Waals surface area contributed by atoms with Crippen LogP contribution in [0.2, 0.25) is 0 Å². The number of aryl methyl sites for hydroxylation is 1. The number of nitrogens with zero attached hydrogens (tertiary/aromatic N) is 1. The molecule has 5 heteroatoms. The van der Waals surface area contributed by atoms with Gasteiger partial charge < -0.3 is 4.74 Å². The molecular formula is C23H28NO2PS. The Morgan fingerprint density at radius 1 is 0.964 bits per heavy atom. The van der Waals surface area contributed by atoms with E-state index in [0.717, 1.165) is 11.1 Å². The first-order chi connectivity index (χ1) is 13.2. The van der Waals surface area contributed by atoms with E-state index < -0.39 is 12.1 Å². The molecule has 3 rings (SSSR count). The van der Waals surface area contributed by atoms with Crippen LogP contribution in [-0.2, 0) is 21.3 Å². The molecule has 0 bridgehead atoms. The molecule has 28 heavy (non-hydrogen) atoms. The molecule has 1 aliphatic heterocycles. The van der Waals surface area contributed by atoms with Crippen LogP contribution in [0, 0.1) is 6.92 Å². The molecule has 0 saturated heterocycles. The van der Waals surface area contributed by atoms with Crippen LogP contribution in [-0.4, -0.2) is 29.2 Å². The van der Waals surface area contributed by atoms with E-state index in [-0.39, 0.29) is 11.6 Å². The summed E-state index contributed by atoms with van der Waals surface area (Å²) in [5, 5.41) is 0. The second-order valence-corrected chi connectivity index (χ2v) is 14.0. The molecular weight excluding hydrogens is 385 g/mol. The maximum Gasteiger partial charge on any atom is 0.338 e. The minimum absolute atomic E-state index is 0.128. The van der Waals surface area contributed by atoms with E-state index in [4.69, 9.17) is 21.5 Å². The molecule has 0 fully saturated rings. The highest BCUT2D eigenvalue weighted by molar-refractivity contribution is 8.15. The highest BCUT2D eigenvalue weighted by Crippen LogP contribution is 2.68. The molecule has 1 heterocycles. The predicted molar refractivity (Wildman–Crippen MR) is 121 cm³/mol. The average Bonchev–Trinajstić information content (AvgIpc) is 3.05. The fraction of sp³-hybridized carbons (Fsp3) is 0.391. The Labute approximate surface area is 173 Å². The second kappa shape index (κ2) is 8.31. The zero-order valence-corrected chi connectivity index (χ0v) is 18.8. The maximum atomic E-state index is 13.0. The van der Waals surface area contributed by atoms with E-state index in [1.807, 2.05) is 30.3 Å². The molecule has 0 amide bonds. The Balaban J connectivity index is 2.14. The van der Waals surface area contributed by atoms with Gasteiger partial charge >= 0.3 is 5.97 Å². The minimum Gasteiger partial charge on any atom is -0.406 e. The van der Waals surface area contributed by atoms with Crippen molar-refractivity contribution >= 4 is 29.7 Å². The van der Waals surface area contributed by atoms with Crippen molar-refractivity contribution in [3.63, 3.8) is 0 Å². The van der Waals surface area contributed by atoms with Gasteiger partial charge in [-0.05, 0) is 42.0 Å². The van der Waals surface area contributed by atoms with Gasteiger partial charge in [0.2, 0.25) is 5.90 Å². The number of carbonyl (C=O) groups is 1. The number of rotatable bonds is 6. The normalized spacial score (nSPS) is 18.3. The number of benzene rings is 2. The number of hydrogen-bond acceptors (Lipinski definition) is 4. The van der Waals surface area contributed by atoms with Gasteiger partial charge in [-0.3, -0.25) is 0 Å². The second-order valence-electron chi connectivity index (χ2n) is 7.97. The lowest BCUT2D eigenvalue weighted by molar-refractivity contribution is -0.135. The third-order valence-corrected chi connectivity index (χ3v) is 13.4. The number of ether oxygens (including phenoxy) is 1. The average molecular weight is 414 g/mol. The molecule has 2 unspecified atom stereocenters. The largest absolute Gasteiger partial charge is 0.406 e. The number of hydrogen-bond donors (Lipinski definition) is 0. The summed E-state index contributed by atoms with van der Waals surface area (Å²) in [6.07, 6.45) is 0. The van der Waals surface area contributed by atoms with Crippen molar-refractivity contribution in [2.75, 3.05) is 0 Å². The SMILES string of the molecule is Cc1ccc(C(C2N=C(c3ccccc3)OC2=O)P(=S)(C(C)C)C(C)C)cc1. The minimum atomic E-state index is -1.99. The molecule has 0 saturated carbocycles. The van der Waals surface area contributed by atoms with Gasteiger partial charge in [0.25, 0.3) is 0 Å². The fourth-order valence-corrected chi connectivity index (χ4v) is 8.37. The van der Waals surface area contributed by atoms with Crippen LogP contribution in [0.3, 0.4) is 0 Å². The lowest BCUT2D eigenvalue weighted by Gasteiger charge is -2.39. The van der Waals surface area contributed by atoms with E-state index >= 15 is 0 Å². The highest BCUT2D eigenvalue weighted by atomic mass is 32.4. The molecule has 1 aliphatic rings. The topological polar surface area (TPSA) is 38.7 Å². The highest BCUT2D eigenvalue weighted by Gasteiger charge is 2.46. The maximum absolute atomic E-state index is 13.0. The first-order valence-electron chi connectivity index (χ1n) is 9.75. The molecule has 0 aromatic heterocycles. The van der Waals surface area contributed by atoms with Crippen LogP contribution in [0.15, 0.2) is 59.6 Å². The number of aliphatic imine (C=N–C) groups is 1. The van der Waals surface area contributed by atoms with Crippen molar-refractivity contribution in [2.45, 2.75) is 57.6 Å². The molecule has 0 N–H and O–H groups in total. The zero-order valence-electron chi connectivity index (χ0n) is 17.1. The summed E-state index contributed by atoms with van der Waals surface area (Å²) in [7, 11) is 0. The smallest absolute Gasteiger partial charge is 0.338 e. The van der Waals surface area contributed by atoms with Gasteiger partial charge in [-0.15, -0.1) is 0 Å². The van der Waals surface area contributed by atoms with Crippen molar-refractivity contribution in [1.82, 2.24) is 0 Å². The van der Waals surface area contributed by atoms with Crippen molar-refractivity contribution in [3.05, 3.63) is 71.3 Å². The summed E-state index contributed by atoms with van der Waals surface area (Å²) in [5.74, 6) is 0.113. The van der Waals surface area contributed by atoms with Crippen molar-refractivity contribution < 1.29 is 9.53 Å². The number of cyclic esters (lactones) is 1. The predicted octanol–water partition coefficient (Wildman–Crippen LogP) is 5.70. The van der Waals surface area contributed by atoms with Crippen LogP contribution >= 0.6 is 6.04 Å². The summed E-state index contributed by atoms with van der Waals surface area (Å²) < 4.78 is 5.62. The molecule has 0 radical (unpaired) electrons. The Morgan fingerprint density at radius 3 is 2.07 bits per heavy atom. The molecule has 3 nitrogen and oxygen atoms in total. The Kier molecular flexibility index (Phi) is 6.21. The van der Waals surface area contributed by atoms with E-state index in [1.165, 1.54) is 5.56 Å². The van der Waals surface area contributed by atoms with Crippen LogP contribution < -0.4 is 0 Å². The van der Waals surface area contributed by atoms with E-state index in [9.17, 15) is 4.79 Å².